The number of amides is 1. The minimum atomic E-state index is -4.50. The number of piperidine rings is 1. The van der Waals surface area contributed by atoms with Gasteiger partial charge in [-0.2, -0.15) is 23.4 Å². The minimum Gasteiger partial charge on any atom is -0.341 e. The van der Waals surface area contributed by atoms with Crippen LogP contribution in [-0.4, -0.2) is 48.9 Å². The number of hydrogen-bond donors (Lipinski definition) is 1. The lowest BCUT2D eigenvalue weighted by atomic mass is 9.96. The summed E-state index contributed by atoms with van der Waals surface area (Å²) in [5, 5.41) is 10.0. The number of nitrogens with one attached hydrogen (secondary N) is 1. The molecule has 0 unspecified atom stereocenters. The summed E-state index contributed by atoms with van der Waals surface area (Å²) in [6.45, 7) is 0.887. The van der Waals surface area contributed by atoms with E-state index < -0.39 is 11.9 Å². The molecule has 0 aliphatic carbocycles. The average molecular weight is 328 g/mol. The highest BCUT2D eigenvalue weighted by Gasteiger charge is 2.34. The van der Waals surface area contributed by atoms with E-state index in [9.17, 15) is 18.0 Å². The zero-order valence-corrected chi connectivity index (χ0v) is 12.1. The van der Waals surface area contributed by atoms with Crippen LogP contribution in [0.3, 0.4) is 0 Å². The fourth-order valence-electron chi connectivity index (χ4n) is 2.65. The number of halogens is 3. The van der Waals surface area contributed by atoms with Crippen molar-refractivity contribution in [3.8, 4) is 0 Å². The molecule has 3 rings (SSSR count). The first-order valence-corrected chi connectivity index (χ1v) is 7.17. The number of alkyl halides is 3. The third-order valence-electron chi connectivity index (χ3n) is 3.90. The molecule has 1 aliphatic heterocycles. The fourth-order valence-corrected chi connectivity index (χ4v) is 2.65. The summed E-state index contributed by atoms with van der Waals surface area (Å²) in [7, 11) is 0. The molecule has 0 bridgehead atoms. The number of hydrogen-bond acceptors (Lipinski definition) is 4. The average Bonchev–Trinajstić information content (AvgIpc) is 3.18. The van der Waals surface area contributed by atoms with Crippen LogP contribution >= 0.6 is 0 Å². The third-order valence-corrected chi connectivity index (χ3v) is 3.90. The Morgan fingerprint density at radius 1 is 1.35 bits per heavy atom. The molecule has 7 nitrogen and oxygen atoms in total. The van der Waals surface area contributed by atoms with Crippen molar-refractivity contribution in [2.45, 2.75) is 31.5 Å². The lowest BCUT2D eigenvalue weighted by Crippen LogP contribution is -2.40. The molecule has 1 amide bonds. The molecule has 10 heteroatoms. The topological polar surface area (TPSA) is 79.7 Å². The number of nitrogens with zero attached hydrogens (tertiary/aromatic N) is 5. The van der Waals surface area contributed by atoms with Gasteiger partial charge in [0, 0.05) is 25.2 Å². The largest absolute Gasteiger partial charge is 0.435 e. The molecule has 3 heterocycles. The SMILES string of the molecule is O=C(Cn1ccc(C(F)(F)F)n1)N1CCC(c2ncn[nH]2)CC1. The lowest BCUT2D eigenvalue weighted by molar-refractivity contribution is -0.142. The van der Waals surface area contributed by atoms with Crippen LogP contribution in [0.5, 0.6) is 0 Å². The van der Waals surface area contributed by atoms with Gasteiger partial charge >= 0.3 is 6.18 Å². The van der Waals surface area contributed by atoms with Gasteiger partial charge in [0.1, 0.15) is 18.7 Å². The summed E-state index contributed by atoms with van der Waals surface area (Å²) >= 11 is 0. The number of H-pyrrole nitrogens is 1. The molecule has 0 saturated carbocycles. The predicted octanol–water partition coefficient (Wildman–Crippen LogP) is 1.43. The Kier molecular flexibility index (Phi) is 4.05. The zero-order chi connectivity index (χ0) is 16.4. The highest BCUT2D eigenvalue weighted by Crippen LogP contribution is 2.27. The van der Waals surface area contributed by atoms with Crippen LogP contribution in [0, 0.1) is 0 Å². The molecule has 2 aromatic heterocycles. The second-order valence-electron chi connectivity index (χ2n) is 5.42. The quantitative estimate of drug-likeness (QED) is 0.924. The van der Waals surface area contributed by atoms with E-state index in [1.807, 2.05) is 0 Å². The first-order valence-electron chi connectivity index (χ1n) is 7.17. The monoisotopic (exact) mass is 328 g/mol. The van der Waals surface area contributed by atoms with Crippen LogP contribution in [0.4, 0.5) is 13.2 Å². The number of carbonyl (C=O) groups is 1. The van der Waals surface area contributed by atoms with Gasteiger partial charge < -0.3 is 4.90 Å². The van der Waals surface area contributed by atoms with Crippen molar-refractivity contribution in [3.05, 3.63) is 30.1 Å². The predicted molar refractivity (Wildman–Crippen MR) is 72.2 cm³/mol. The van der Waals surface area contributed by atoms with E-state index in [0.29, 0.717) is 13.1 Å². The summed E-state index contributed by atoms with van der Waals surface area (Å²) < 4.78 is 38.5. The van der Waals surface area contributed by atoms with Crippen molar-refractivity contribution < 1.29 is 18.0 Å². The molecule has 124 valence electrons. The molecule has 0 atom stereocenters. The summed E-state index contributed by atoms with van der Waals surface area (Å²) in [4.78, 5) is 17.9. The fraction of sp³-hybridized carbons (Fsp3) is 0.538. The standard InChI is InChI=1S/C13H15F3N6O/c14-13(15,16)10-3-6-22(20-10)7-11(23)21-4-1-9(2-5-21)12-17-8-18-19-12/h3,6,8-9H,1-2,4-5,7H2,(H,17,18,19). The molecular weight excluding hydrogens is 313 g/mol. The van der Waals surface area contributed by atoms with Gasteiger partial charge in [-0.15, -0.1) is 0 Å². The van der Waals surface area contributed by atoms with Crippen LogP contribution in [-0.2, 0) is 17.5 Å². The summed E-state index contributed by atoms with van der Waals surface area (Å²) in [6, 6.07) is 0.865. The lowest BCUT2D eigenvalue weighted by Gasteiger charge is -2.31. The Labute approximate surface area is 129 Å². The summed E-state index contributed by atoms with van der Waals surface area (Å²) in [5.74, 6) is 0.792. The summed E-state index contributed by atoms with van der Waals surface area (Å²) in [6.07, 6.45) is -0.393. The maximum Gasteiger partial charge on any atom is 0.435 e. The number of carbonyl (C=O) groups excluding carboxylic acids is 1. The van der Waals surface area contributed by atoms with Crippen LogP contribution in [0.1, 0.15) is 30.3 Å². The van der Waals surface area contributed by atoms with E-state index in [1.165, 1.54) is 12.5 Å². The number of likely N-dealkylation sites (tertiary alicyclic amines) is 1. The second-order valence-corrected chi connectivity index (χ2v) is 5.42. The normalized spacial score (nSPS) is 16.7. The maximum atomic E-state index is 12.5. The highest BCUT2D eigenvalue weighted by atomic mass is 19.4. The highest BCUT2D eigenvalue weighted by molar-refractivity contribution is 5.76. The van der Waals surface area contributed by atoms with Crippen molar-refractivity contribution in [3.63, 3.8) is 0 Å². The minimum absolute atomic E-state index is 0.191. The molecule has 0 aromatic carbocycles. The molecule has 1 aliphatic rings. The molecular formula is C13H15F3N6O. The Morgan fingerprint density at radius 2 is 2.09 bits per heavy atom. The molecule has 2 aromatic rings. The van der Waals surface area contributed by atoms with Crippen LogP contribution < -0.4 is 0 Å². The first kappa shape index (κ1) is 15.5. The Balaban J connectivity index is 1.54. The first-order chi connectivity index (χ1) is 10.9. The molecule has 23 heavy (non-hydrogen) atoms. The van der Waals surface area contributed by atoms with E-state index in [2.05, 4.69) is 20.3 Å². The van der Waals surface area contributed by atoms with E-state index in [-0.39, 0.29) is 18.4 Å². The maximum absolute atomic E-state index is 12.5. The Morgan fingerprint density at radius 3 is 2.65 bits per heavy atom. The Hall–Kier alpha value is -2.39. The number of aromatic nitrogens is 5. The van der Waals surface area contributed by atoms with Gasteiger partial charge in [0.05, 0.1) is 0 Å². The van der Waals surface area contributed by atoms with Crippen molar-refractivity contribution in [2.75, 3.05) is 13.1 Å². The van der Waals surface area contributed by atoms with Gasteiger partial charge in [-0.3, -0.25) is 14.6 Å². The van der Waals surface area contributed by atoms with Crippen LogP contribution in [0.25, 0.3) is 0 Å². The number of aromatic amines is 1. The second kappa shape index (κ2) is 6.01. The van der Waals surface area contributed by atoms with E-state index >= 15 is 0 Å². The van der Waals surface area contributed by atoms with Gasteiger partial charge in [0.15, 0.2) is 5.69 Å². The van der Waals surface area contributed by atoms with Crippen molar-refractivity contribution in [1.82, 2.24) is 29.9 Å². The van der Waals surface area contributed by atoms with Gasteiger partial charge in [-0.1, -0.05) is 0 Å². The van der Waals surface area contributed by atoms with Crippen molar-refractivity contribution in [1.29, 1.82) is 0 Å². The molecule has 1 fully saturated rings. The molecule has 0 radical (unpaired) electrons. The van der Waals surface area contributed by atoms with E-state index in [1.54, 1.807) is 4.90 Å². The van der Waals surface area contributed by atoms with Gasteiger partial charge in [-0.05, 0) is 18.9 Å². The van der Waals surface area contributed by atoms with Gasteiger partial charge in [0.25, 0.3) is 0 Å². The molecule has 0 spiro atoms. The zero-order valence-electron chi connectivity index (χ0n) is 12.1. The third kappa shape index (κ3) is 3.51. The Bertz CT molecular complexity index is 658. The summed E-state index contributed by atoms with van der Waals surface area (Å²) in [5.41, 5.74) is -0.991. The van der Waals surface area contributed by atoms with Gasteiger partial charge in [-0.25, -0.2) is 4.98 Å². The van der Waals surface area contributed by atoms with Crippen LogP contribution in [0.2, 0.25) is 0 Å². The molecule has 1 saturated heterocycles. The number of rotatable bonds is 3. The van der Waals surface area contributed by atoms with Crippen molar-refractivity contribution in [2.24, 2.45) is 0 Å². The van der Waals surface area contributed by atoms with Crippen molar-refractivity contribution >= 4 is 5.91 Å². The van der Waals surface area contributed by atoms with Gasteiger partial charge in [0.2, 0.25) is 5.91 Å². The van der Waals surface area contributed by atoms with Crippen LogP contribution in [0.15, 0.2) is 18.6 Å². The van der Waals surface area contributed by atoms with E-state index in [0.717, 1.165) is 29.4 Å². The smallest absolute Gasteiger partial charge is 0.341 e. The van der Waals surface area contributed by atoms with E-state index in [4.69, 9.17) is 0 Å². The molecule has 1 N–H and O–H groups in total.